The van der Waals surface area contributed by atoms with E-state index >= 15 is 0 Å². The van der Waals surface area contributed by atoms with Crippen LogP contribution in [-0.4, -0.2) is 12.9 Å². The average molecular weight is 243 g/mol. The summed E-state index contributed by atoms with van der Waals surface area (Å²) < 4.78 is 5.14. The van der Waals surface area contributed by atoms with Crippen molar-refractivity contribution in [3.05, 3.63) is 29.3 Å². The fourth-order valence-corrected chi connectivity index (χ4v) is 1.54. The highest BCUT2D eigenvalue weighted by atomic mass is 79.9. The first-order valence-electron chi connectivity index (χ1n) is 3.93. The monoisotopic (exact) mass is 242 g/mol. The first kappa shape index (κ1) is 10.3. The number of carbonyl (C=O) groups is 1. The minimum absolute atomic E-state index is 0.0550. The average Bonchev–Trinajstić information content (AvgIpc) is 2.16. The smallest absolute Gasteiger partial charge is 0.159 e. The minimum atomic E-state index is 0.0550. The molecule has 1 aromatic rings. The summed E-state index contributed by atoms with van der Waals surface area (Å²) in [7, 11) is 1.60. The number of hydrogen-bond donors (Lipinski definition) is 0. The van der Waals surface area contributed by atoms with Crippen LogP contribution < -0.4 is 4.74 Å². The Kier molecular flexibility index (Phi) is 3.48. The predicted octanol–water partition coefficient (Wildman–Crippen LogP) is 2.79. The van der Waals surface area contributed by atoms with Gasteiger partial charge in [-0.05, 0) is 13.0 Å². The zero-order valence-corrected chi connectivity index (χ0v) is 9.22. The number of methoxy groups -OCH3 is 1. The number of Topliss-reactive ketones (excluding diaryl/α,β-unsaturated/α-hetero) is 1. The number of hydrogen-bond acceptors (Lipinski definition) is 2. The summed E-state index contributed by atoms with van der Waals surface area (Å²) in [5.41, 5.74) is 1.73. The summed E-state index contributed by atoms with van der Waals surface area (Å²) in [6.07, 6.45) is 0. The zero-order chi connectivity index (χ0) is 9.84. The van der Waals surface area contributed by atoms with Gasteiger partial charge in [0.1, 0.15) is 5.75 Å². The number of ketones is 1. The van der Waals surface area contributed by atoms with Gasteiger partial charge in [0.15, 0.2) is 5.78 Å². The quantitative estimate of drug-likeness (QED) is 0.602. The SMILES string of the molecule is COc1cc(C(C)=O)ccc1CBr. The van der Waals surface area contributed by atoms with Crippen LogP contribution in [0.4, 0.5) is 0 Å². The van der Waals surface area contributed by atoms with Crippen LogP contribution in [0.15, 0.2) is 18.2 Å². The summed E-state index contributed by atoms with van der Waals surface area (Å²) in [4.78, 5) is 11.0. The lowest BCUT2D eigenvalue weighted by Gasteiger charge is -2.06. The summed E-state index contributed by atoms with van der Waals surface area (Å²) in [5.74, 6) is 0.809. The van der Waals surface area contributed by atoms with Crippen LogP contribution in [0.25, 0.3) is 0 Å². The Balaban J connectivity index is 3.13. The lowest BCUT2D eigenvalue weighted by molar-refractivity contribution is 0.101. The molecule has 0 aliphatic rings. The van der Waals surface area contributed by atoms with E-state index in [4.69, 9.17) is 4.74 Å². The summed E-state index contributed by atoms with van der Waals surface area (Å²) in [6.45, 7) is 1.54. The number of carbonyl (C=O) groups excluding carboxylic acids is 1. The van der Waals surface area contributed by atoms with Crippen molar-refractivity contribution in [3.8, 4) is 5.75 Å². The van der Waals surface area contributed by atoms with E-state index in [1.54, 1.807) is 26.2 Å². The molecule has 1 aromatic carbocycles. The normalized spacial score (nSPS) is 9.77. The van der Waals surface area contributed by atoms with Gasteiger partial charge in [-0.15, -0.1) is 0 Å². The van der Waals surface area contributed by atoms with E-state index in [1.165, 1.54) is 0 Å². The Morgan fingerprint density at radius 3 is 2.69 bits per heavy atom. The molecule has 2 nitrogen and oxygen atoms in total. The second-order valence-corrected chi connectivity index (χ2v) is 3.28. The van der Waals surface area contributed by atoms with E-state index in [9.17, 15) is 4.79 Å². The third kappa shape index (κ3) is 2.31. The lowest BCUT2D eigenvalue weighted by Crippen LogP contribution is -1.95. The van der Waals surface area contributed by atoms with E-state index in [-0.39, 0.29) is 5.78 Å². The van der Waals surface area contributed by atoms with E-state index in [1.807, 2.05) is 6.07 Å². The standard InChI is InChI=1S/C10H11BrO2/c1-7(12)8-3-4-9(6-11)10(5-8)13-2/h3-5H,6H2,1-2H3. The Labute approximate surface area is 86.0 Å². The van der Waals surface area contributed by atoms with Crippen molar-refractivity contribution in [3.63, 3.8) is 0 Å². The number of rotatable bonds is 3. The van der Waals surface area contributed by atoms with Crippen LogP contribution >= 0.6 is 15.9 Å². The molecule has 3 heteroatoms. The number of halogens is 1. The molecule has 0 fully saturated rings. The summed E-state index contributed by atoms with van der Waals surface area (Å²) in [6, 6.07) is 5.46. The van der Waals surface area contributed by atoms with Gasteiger partial charge in [0.25, 0.3) is 0 Å². The minimum Gasteiger partial charge on any atom is -0.496 e. The maximum Gasteiger partial charge on any atom is 0.159 e. The second-order valence-electron chi connectivity index (χ2n) is 2.72. The molecule has 0 aliphatic carbocycles. The van der Waals surface area contributed by atoms with Gasteiger partial charge in [-0.25, -0.2) is 0 Å². The van der Waals surface area contributed by atoms with Crippen LogP contribution in [0.3, 0.4) is 0 Å². The maximum absolute atomic E-state index is 11.0. The molecule has 1 rings (SSSR count). The molecule has 0 atom stereocenters. The molecule has 13 heavy (non-hydrogen) atoms. The number of benzene rings is 1. The highest BCUT2D eigenvalue weighted by molar-refractivity contribution is 9.08. The molecule has 0 heterocycles. The van der Waals surface area contributed by atoms with Crippen molar-refractivity contribution in [2.45, 2.75) is 12.3 Å². The molecule has 0 aromatic heterocycles. The molecule has 70 valence electrons. The molecule has 0 saturated heterocycles. The highest BCUT2D eigenvalue weighted by Crippen LogP contribution is 2.22. The lowest BCUT2D eigenvalue weighted by atomic mass is 10.1. The predicted molar refractivity (Wildman–Crippen MR) is 55.6 cm³/mol. The summed E-state index contributed by atoms with van der Waals surface area (Å²) in [5, 5.41) is 0.731. The molecular formula is C10H11BrO2. The molecular weight excluding hydrogens is 232 g/mol. The van der Waals surface area contributed by atoms with Gasteiger partial charge >= 0.3 is 0 Å². The fraction of sp³-hybridized carbons (Fsp3) is 0.300. The van der Waals surface area contributed by atoms with Crippen LogP contribution in [0.2, 0.25) is 0 Å². The number of ether oxygens (including phenoxy) is 1. The van der Waals surface area contributed by atoms with Gasteiger partial charge in [-0.1, -0.05) is 28.1 Å². The fourth-order valence-electron chi connectivity index (χ4n) is 1.07. The number of alkyl halides is 1. The van der Waals surface area contributed by atoms with E-state index in [0.29, 0.717) is 5.56 Å². The second kappa shape index (κ2) is 4.42. The summed E-state index contributed by atoms with van der Waals surface area (Å²) >= 11 is 3.35. The molecule has 0 radical (unpaired) electrons. The molecule has 0 spiro atoms. The Hall–Kier alpha value is -0.830. The highest BCUT2D eigenvalue weighted by Gasteiger charge is 2.05. The van der Waals surface area contributed by atoms with Gasteiger partial charge < -0.3 is 4.74 Å². The van der Waals surface area contributed by atoms with Crippen LogP contribution in [0.5, 0.6) is 5.75 Å². The van der Waals surface area contributed by atoms with Crippen LogP contribution in [0.1, 0.15) is 22.8 Å². The van der Waals surface area contributed by atoms with Crippen molar-refractivity contribution in [1.29, 1.82) is 0 Å². The van der Waals surface area contributed by atoms with Gasteiger partial charge in [0, 0.05) is 16.5 Å². The van der Waals surface area contributed by atoms with E-state index in [2.05, 4.69) is 15.9 Å². The molecule has 0 bridgehead atoms. The third-order valence-electron chi connectivity index (χ3n) is 1.84. The van der Waals surface area contributed by atoms with Gasteiger partial charge in [-0.2, -0.15) is 0 Å². The van der Waals surface area contributed by atoms with Crippen molar-refractivity contribution < 1.29 is 9.53 Å². The van der Waals surface area contributed by atoms with Gasteiger partial charge in [0.2, 0.25) is 0 Å². The third-order valence-corrected chi connectivity index (χ3v) is 2.44. The topological polar surface area (TPSA) is 26.3 Å². The Morgan fingerprint density at radius 2 is 2.23 bits per heavy atom. The van der Waals surface area contributed by atoms with Crippen molar-refractivity contribution in [2.75, 3.05) is 7.11 Å². The Bertz CT molecular complexity index is 321. The van der Waals surface area contributed by atoms with Gasteiger partial charge in [-0.3, -0.25) is 4.79 Å². The molecule has 0 unspecified atom stereocenters. The molecule has 0 saturated carbocycles. The molecule has 0 N–H and O–H groups in total. The van der Waals surface area contributed by atoms with Crippen LogP contribution in [0, 0.1) is 0 Å². The Morgan fingerprint density at radius 1 is 1.54 bits per heavy atom. The van der Waals surface area contributed by atoms with E-state index in [0.717, 1.165) is 16.6 Å². The molecule has 0 amide bonds. The maximum atomic E-state index is 11.0. The first-order chi connectivity index (χ1) is 6.19. The van der Waals surface area contributed by atoms with Gasteiger partial charge in [0.05, 0.1) is 7.11 Å². The largest absolute Gasteiger partial charge is 0.496 e. The van der Waals surface area contributed by atoms with Crippen molar-refractivity contribution >= 4 is 21.7 Å². The molecule has 0 aliphatic heterocycles. The first-order valence-corrected chi connectivity index (χ1v) is 5.05. The zero-order valence-electron chi connectivity index (χ0n) is 7.63. The van der Waals surface area contributed by atoms with Crippen molar-refractivity contribution in [1.82, 2.24) is 0 Å². The van der Waals surface area contributed by atoms with Crippen LogP contribution in [-0.2, 0) is 5.33 Å². The van der Waals surface area contributed by atoms with E-state index < -0.39 is 0 Å². The van der Waals surface area contributed by atoms with Crippen molar-refractivity contribution in [2.24, 2.45) is 0 Å².